The summed E-state index contributed by atoms with van der Waals surface area (Å²) in [6, 6.07) is 5.66. The maximum absolute atomic E-state index is 11.7. The van der Waals surface area contributed by atoms with Crippen LogP contribution in [0.1, 0.15) is 30.1 Å². The molecule has 1 aromatic rings. The second-order valence-electron chi connectivity index (χ2n) is 5.20. The van der Waals surface area contributed by atoms with E-state index in [0.717, 1.165) is 31.6 Å². The Balaban J connectivity index is 2.01. The lowest BCUT2D eigenvalue weighted by molar-refractivity contribution is -0.129. The van der Waals surface area contributed by atoms with Crippen molar-refractivity contribution in [2.24, 2.45) is 0 Å². The molecule has 0 atom stereocenters. The van der Waals surface area contributed by atoms with Crippen molar-refractivity contribution in [2.45, 2.75) is 25.8 Å². The first-order valence-electron chi connectivity index (χ1n) is 7.05. The molecular formula is C15H20ClN3O2. The van der Waals surface area contributed by atoms with E-state index in [1.807, 2.05) is 11.0 Å². The molecule has 2 rings (SSSR count). The summed E-state index contributed by atoms with van der Waals surface area (Å²) in [4.78, 5) is 24.9. The summed E-state index contributed by atoms with van der Waals surface area (Å²) in [6.45, 7) is 3.13. The highest BCUT2D eigenvalue weighted by Crippen LogP contribution is 2.23. The van der Waals surface area contributed by atoms with Crippen LogP contribution in [0.15, 0.2) is 18.2 Å². The molecule has 1 fully saturated rings. The first kappa shape index (κ1) is 15.6. The van der Waals surface area contributed by atoms with Gasteiger partial charge in [0.1, 0.15) is 0 Å². The zero-order chi connectivity index (χ0) is 15.4. The van der Waals surface area contributed by atoms with Crippen LogP contribution in [0.2, 0.25) is 5.02 Å². The number of amides is 2. The van der Waals surface area contributed by atoms with E-state index in [4.69, 9.17) is 11.6 Å². The largest absolute Gasteiger partial charge is 0.382 e. The maximum Gasteiger partial charge on any atom is 0.252 e. The van der Waals surface area contributed by atoms with E-state index < -0.39 is 0 Å². The number of halogens is 1. The summed E-state index contributed by atoms with van der Waals surface area (Å²) >= 11 is 6.03. The third-order valence-electron chi connectivity index (χ3n) is 3.75. The number of hydrogen-bond donors (Lipinski definition) is 2. The molecule has 0 saturated carbocycles. The molecule has 21 heavy (non-hydrogen) atoms. The number of carbonyl (C=O) groups excluding carboxylic acids is 2. The Morgan fingerprint density at radius 3 is 2.52 bits per heavy atom. The quantitative estimate of drug-likeness (QED) is 0.899. The van der Waals surface area contributed by atoms with Crippen LogP contribution in [-0.2, 0) is 4.79 Å². The molecule has 0 bridgehead atoms. The van der Waals surface area contributed by atoms with Gasteiger partial charge in [0.2, 0.25) is 5.91 Å². The van der Waals surface area contributed by atoms with Crippen LogP contribution in [0.4, 0.5) is 5.69 Å². The smallest absolute Gasteiger partial charge is 0.252 e. The zero-order valence-electron chi connectivity index (χ0n) is 12.3. The molecule has 1 saturated heterocycles. The van der Waals surface area contributed by atoms with Gasteiger partial charge >= 0.3 is 0 Å². The van der Waals surface area contributed by atoms with E-state index >= 15 is 0 Å². The fourth-order valence-corrected chi connectivity index (χ4v) is 2.70. The number of nitrogens with one attached hydrogen (secondary N) is 2. The highest BCUT2D eigenvalue weighted by molar-refractivity contribution is 6.34. The molecular weight excluding hydrogens is 290 g/mol. The highest BCUT2D eigenvalue weighted by Gasteiger charge is 2.20. The molecule has 2 amide bonds. The average Bonchev–Trinajstić information content (AvgIpc) is 2.49. The van der Waals surface area contributed by atoms with E-state index in [-0.39, 0.29) is 11.8 Å². The molecule has 0 spiro atoms. The van der Waals surface area contributed by atoms with Gasteiger partial charge < -0.3 is 15.5 Å². The Bertz CT molecular complexity index is 540. The molecule has 114 valence electrons. The summed E-state index contributed by atoms with van der Waals surface area (Å²) in [5.41, 5.74) is 1.34. The lowest BCUT2D eigenvalue weighted by Gasteiger charge is -2.32. The molecule has 1 aromatic carbocycles. The van der Waals surface area contributed by atoms with Gasteiger partial charge in [0.25, 0.3) is 5.91 Å². The first-order chi connectivity index (χ1) is 10.0. The van der Waals surface area contributed by atoms with Crippen LogP contribution in [0, 0.1) is 0 Å². The lowest BCUT2D eigenvalue weighted by Crippen LogP contribution is -2.41. The van der Waals surface area contributed by atoms with Crippen molar-refractivity contribution in [2.75, 3.05) is 25.5 Å². The molecule has 2 N–H and O–H groups in total. The van der Waals surface area contributed by atoms with Gasteiger partial charge in [-0.3, -0.25) is 9.59 Å². The molecule has 1 aliphatic rings. The van der Waals surface area contributed by atoms with Gasteiger partial charge in [0.05, 0.1) is 10.6 Å². The van der Waals surface area contributed by atoms with E-state index in [1.165, 1.54) is 0 Å². The zero-order valence-corrected chi connectivity index (χ0v) is 13.0. The fraction of sp³-hybridized carbons (Fsp3) is 0.467. The number of likely N-dealkylation sites (tertiary alicyclic amines) is 1. The predicted octanol–water partition coefficient (Wildman–Crippen LogP) is 2.12. The maximum atomic E-state index is 11.7. The van der Waals surface area contributed by atoms with Gasteiger partial charge in [-0.15, -0.1) is 0 Å². The van der Waals surface area contributed by atoms with Crippen LogP contribution in [0.5, 0.6) is 0 Å². The summed E-state index contributed by atoms with van der Waals surface area (Å²) in [5, 5.41) is 6.42. The molecule has 0 aliphatic carbocycles. The van der Waals surface area contributed by atoms with Gasteiger partial charge in [-0.25, -0.2) is 0 Å². The molecule has 0 aromatic heterocycles. The number of carbonyl (C=O) groups is 2. The molecule has 1 aliphatic heterocycles. The van der Waals surface area contributed by atoms with E-state index in [0.29, 0.717) is 16.6 Å². The average molecular weight is 310 g/mol. The van der Waals surface area contributed by atoms with E-state index in [2.05, 4.69) is 10.6 Å². The summed E-state index contributed by atoms with van der Waals surface area (Å²) < 4.78 is 0. The Hall–Kier alpha value is -1.75. The molecule has 0 unspecified atom stereocenters. The van der Waals surface area contributed by atoms with Crippen molar-refractivity contribution >= 4 is 29.1 Å². The molecule has 5 nitrogen and oxygen atoms in total. The van der Waals surface area contributed by atoms with Crippen LogP contribution in [0.3, 0.4) is 0 Å². The Labute approximate surface area is 129 Å². The summed E-state index contributed by atoms with van der Waals surface area (Å²) in [7, 11) is 1.58. The van der Waals surface area contributed by atoms with Gasteiger partial charge in [0, 0.05) is 38.8 Å². The highest BCUT2D eigenvalue weighted by atomic mass is 35.5. The molecule has 0 radical (unpaired) electrons. The second kappa shape index (κ2) is 6.80. The van der Waals surface area contributed by atoms with Crippen LogP contribution in [-0.4, -0.2) is 42.9 Å². The van der Waals surface area contributed by atoms with Crippen LogP contribution in [0.25, 0.3) is 0 Å². The number of piperidine rings is 1. The SMILES string of the molecule is CNC(=O)c1cc(NC2CCN(C(C)=O)CC2)ccc1Cl. The Morgan fingerprint density at radius 2 is 1.95 bits per heavy atom. The van der Waals surface area contributed by atoms with Gasteiger partial charge in [-0.1, -0.05) is 11.6 Å². The summed E-state index contributed by atoms with van der Waals surface area (Å²) in [5.74, 6) is -0.0723. The number of nitrogens with zero attached hydrogens (tertiary/aromatic N) is 1. The second-order valence-corrected chi connectivity index (χ2v) is 5.61. The summed E-state index contributed by atoms with van der Waals surface area (Å²) in [6.07, 6.45) is 1.80. The van der Waals surface area contributed by atoms with Crippen molar-refractivity contribution in [1.29, 1.82) is 0 Å². The van der Waals surface area contributed by atoms with Crippen molar-refractivity contribution in [3.8, 4) is 0 Å². The number of rotatable bonds is 3. The third-order valence-corrected chi connectivity index (χ3v) is 4.08. The molecule has 6 heteroatoms. The van der Waals surface area contributed by atoms with E-state index in [1.54, 1.807) is 26.1 Å². The third kappa shape index (κ3) is 3.88. The lowest BCUT2D eigenvalue weighted by atomic mass is 10.0. The topological polar surface area (TPSA) is 61.4 Å². The van der Waals surface area contributed by atoms with Crippen LogP contribution >= 0.6 is 11.6 Å². The Kier molecular flexibility index (Phi) is 5.07. The predicted molar refractivity (Wildman–Crippen MR) is 83.7 cm³/mol. The monoisotopic (exact) mass is 309 g/mol. The molecule has 1 heterocycles. The van der Waals surface area contributed by atoms with Crippen LogP contribution < -0.4 is 10.6 Å². The van der Waals surface area contributed by atoms with Crippen molar-refractivity contribution in [3.05, 3.63) is 28.8 Å². The van der Waals surface area contributed by atoms with Crippen molar-refractivity contribution in [1.82, 2.24) is 10.2 Å². The van der Waals surface area contributed by atoms with Crippen molar-refractivity contribution in [3.63, 3.8) is 0 Å². The van der Waals surface area contributed by atoms with E-state index in [9.17, 15) is 9.59 Å². The van der Waals surface area contributed by atoms with Crippen molar-refractivity contribution < 1.29 is 9.59 Å². The number of anilines is 1. The number of hydrogen-bond acceptors (Lipinski definition) is 3. The minimum absolute atomic E-state index is 0.127. The minimum atomic E-state index is -0.199. The van der Waals surface area contributed by atoms with Gasteiger partial charge in [0.15, 0.2) is 0 Å². The normalized spacial score (nSPS) is 15.7. The van der Waals surface area contributed by atoms with Gasteiger partial charge in [-0.2, -0.15) is 0 Å². The fourth-order valence-electron chi connectivity index (χ4n) is 2.50. The minimum Gasteiger partial charge on any atom is -0.382 e. The van der Waals surface area contributed by atoms with Gasteiger partial charge in [-0.05, 0) is 31.0 Å². The number of benzene rings is 1. The standard InChI is InChI=1S/C15H20ClN3O2/c1-10(20)19-7-5-11(6-8-19)18-12-3-4-14(16)13(9-12)15(21)17-2/h3-4,9,11,18H,5-8H2,1-2H3,(H,17,21). The Morgan fingerprint density at radius 1 is 1.29 bits per heavy atom. The first-order valence-corrected chi connectivity index (χ1v) is 7.42.